The van der Waals surface area contributed by atoms with Gasteiger partial charge < -0.3 is 18.9 Å². The lowest BCUT2D eigenvalue weighted by Crippen LogP contribution is -2.23. The molecule has 0 amide bonds. The van der Waals surface area contributed by atoms with Crippen molar-refractivity contribution in [2.24, 2.45) is 0 Å². The summed E-state index contributed by atoms with van der Waals surface area (Å²) in [4.78, 5) is 22.1. The molecule has 6 nitrogen and oxygen atoms in total. The van der Waals surface area contributed by atoms with Crippen molar-refractivity contribution in [2.75, 3.05) is 7.11 Å². The molecule has 0 aromatic heterocycles. The van der Waals surface area contributed by atoms with E-state index in [0.29, 0.717) is 17.2 Å². The van der Waals surface area contributed by atoms with Gasteiger partial charge >= 0.3 is 11.9 Å². The molecule has 26 heavy (non-hydrogen) atoms. The molecule has 134 valence electrons. The zero-order chi connectivity index (χ0) is 18.7. The van der Waals surface area contributed by atoms with Crippen LogP contribution in [-0.2, 0) is 14.3 Å². The summed E-state index contributed by atoms with van der Waals surface area (Å²) in [5, 5.41) is 0. The van der Waals surface area contributed by atoms with Crippen molar-refractivity contribution in [3.05, 3.63) is 53.6 Å². The molecular formula is C20H18O6. The van der Waals surface area contributed by atoms with Gasteiger partial charge in [0.15, 0.2) is 0 Å². The fourth-order valence-corrected chi connectivity index (χ4v) is 2.66. The molecule has 0 radical (unpaired) electrons. The second-order valence-corrected chi connectivity index (χ2v) is 5.70. The summed E-state index contributed by atoms with van der Waals surface area (Å²) in [6, 6.07) is 12.3. The van der Waals surface area contributed by atoms with Gasteiger partial charge in [-0.1, -0.05) is 12.1 Å². The highest BCUT2D eigenvalue weighted by atomic mass is 16.7. The number of methoxy groups -OCH3 is 1. The average Bonchev–Trinajstić information content (AvgIpc) is 2.60. The standard InChI is InChI=1S/C20H18O6/c1-12(21)24-16-7-4-14(5-8-16)18-10-15-6-9-17(25-13(2)22)11-19(15)26-20(18)23-3/h4-11,20H,1-3H3. The summed E-state index contributed by atoms with van der Waals surface area (Å²) in [7, 11) is 1.55. The quantitative estimate of drug-likeness (QED) is 0.619. The van der Waals surface area contributed by atoms with Gasteiger partial charge in [-0.15, -0.1) is 0 Å². The Hall–Kier alpha value is -3.12. The monoisotopic (exact) mass is 354 g/mol. The Kier molecular flexibility index (Phi) is 5.04. The lowest BCUT2D eigenvalue weighted by Gasteiger charge is -2.26. The highest BCUT2D eigenvalue weighted by Gasteiger charge is 2.24. The van der Waals surface area contributed by atoms with E-state index in [9.17, 15) is 9.59 Å². The van der Waals surface area contributed by atoms with Crippen LogP contribution in [0, 0.1) is 0 Å². The number of hydrogen-bond donors (Lipinski definition) is 0. The maximum Gasteiger partial charge on any atom is 0.308 e. The van der Waals surface area contributed by atoms with E-state index in [1.54, 1.807) is 31.4 Å². The van der Waals surface area contributed by atoms with E-state index in [-0.39, 0.29) is 5.97 Å². The van der Waals surface area contributed by atoms with Crippen LogP contribution in [0.15, 0.2) is 42.5 Å². The van der Waals surface area contributed by atoms with Crippen LogP contribution in [0.5, 0.6) is 17.2 Å². The third-order valence-corrected chi connectivity index (χ3v) is 3.71. The number of carbonyl (C=O) groups excluding carboxylic acids is 2. The predicted molar refractivity (Wildman–Crippen MR) is 94.8 cm³/mol. The zero-order valence-electron chi connectivity index (χ0n) is 14.6. The minimum atomic E-state index is -0.616. The molecule has 0 bridgehead atoms. The van der Waals surface area contributed by atoms with Crippen LogP contribution in [0.4, 0.5) is 0 Å². The van der Waals surface area contributed by atoms with Crippen LogP contribution < -0.4 is 14.2 Å². The molecule has 1 heterocycles. The van der Waals surface area contributed by atoms with E-state index < -0.39 is 12.3 Å². The first-order chi connectivity index (χ1) is 12.5. The van der Waals surface area contributed by atoms with Crippen LogP contribution in [0.25, 0.3) is 11.6 Å². The summed E-state index contributed by atoms with van der Waals surface area (Å²) in [5.41, 5.74) is 2.55. The fourth-order valence-electron chi connectivity index (χ4n) is 2.66. The van der Waals surface area contributed by atoms with Crippen LogP contribution in [0.3, 0.4) is 0 Å². The zero-order valence-corrected chi connectivity index (χ0v) is 14.6. The number of benzene rings is 2. The van der Waals surface area contributed by atoms with Crippen molar-refractivity contribution in [3.8, 4) is 17.2 Å². The van der Waals surface area contributed by atoms with Crippen LogP contribution in [-0.4, -0.2) is 25.3 Å². The van der Waals surface area contributed by atoms with Gasteiger partial charge in [-0.3, -0.25) is 9.59 Å². The molecule has 0 N–H and O–H groups in total. The third kappa shape index (κ3) is 3.92. The highest BCUT2D eigenvalue weighted by molar-refractivity contribution is 5.87. The molecule has 3 rings (SSSR count). The first-order valence-electron chi connectivity index (χ1n) is 7.98. The second kappa shape index (κ2) is 7.41. The van der Waals surface area contributed by atoms with E-state index in [0.717, 1.165) is 16.7 Å². The number of rotatable bonds is 4. The van der Waals surface area contributed by atoms with E-state index in [4.69, 9.17) is 18.9 Å². The summed E-state index contributed by atoms with van der Waals surface area (Å²) in [6.07, 6.45) is 1.33. The average molecular weight is 354 g/mol. The normalized spacial score (nSPS) is 15.3. The second-order valence-electron chi connectivity index (χ2n) is 5.70. The Balaban J connectivity index is 1.92. The smallest absolute Gasteiger partial charge is 0.308 e. The molecule has 0 aliphatic carbocycles. The topological polar surface area (TPSA) is 71.1 Å². The molecule has 0 fully saturated rings. The van der Waals surface area contributed by atoms with E-state index in [1.165, 1.54) is 13.8 Å². The molecule has 0 saturated heterocycles. The molecule has 0 saturated carbocycles. The fraction of sp³-hybridized carbons (Fsp3) is 0.200. The molecular weight excluding hydrogens is 336 g/mol. The summed E-state index contributed by atoms with van der Waals surface area (Å²) >= 11 is 0. The van der Waals surface area contributed by atoms with Gasteiger partial charge in [0.05, 0.1) is 0 Å². The lowest BCUT2D eigenvalue weighted by atomic mass is 9.99. The molecule has 2 aromatic carbocycles. The van der Waals surface area contributed by atoms with Gasteiger partial charge in [0.1, 0.15) is 17.2 Å². The van der Waals surface area contributed by atoms with Crippen LogP contribution in [0.1, 0.15) is 25.0 Å². The molecule has 1 unspecified atom stereocenters. The highest BCUT2D eigenvalue weighted by Crippen LogP contribution is 2.37. The van der Waals surface area contributed by atoms with E-state index in [1.807, 2.05) is 24.3 Å². The van der Waals surface area contributed by atoms with Gasteiger partial charge in [0, 0.05) is 38.2 Å². The minimum Gasteiger partial charge on any atom is -0.460 e. The largest absolute Gasteiger partial charge is 0.460 e. The van der Waals surface area contributed by atoms with E-state index >= 15 is 0 Å². The van der Waals surface area contributed by atoms with Crippen molar-refractivity contribution in [1.82, 2.24) is 0 Å². The van der Waals surface area contributed by atoms with Gasteiger partial charge in [0.2, 0.25) is 6.29 Å². The van der Waals surface area contributed by atoms with Gasteiger partial charge in [-0.2, -0.15) is 0 Å². The van der Waals surface area contributed by atoms with Crippen molar-refractivity contribution < 1.29 is 28.5 Å². The third-order valence-electron chi connectivity index (χ3n) is 3.71. The Morgan fingerprint density at radius 2 is 1.54 bits per heavy atom. The van der Waals surface area contributed by atoms with Crippen molar-refractivity contribution in [1.29, 1.82) is 0 Å². The molecule has 6 heteroatoms. The first kappa shape index (κ1) is 17.7. The first-order valence-corrected chi connectivity index (χ1v) is 7.98. The van der Waals surface area contributed by atoms with E-state index in [2.05, 4.69) is 0 Å². The maximum atomic E-state index is 11.1. The Morgan fingerprint density at radius 1 is 0.923 bits per heavy atom. The Morgan fingerprint density at radius 3 is 2.15 bits per heavy atom. The van der Waals surface area contributed by atoms with Gasteiger partial charge in [-0.25, -0.2) is 0 Å². The summed E-state index contributed by atoms with van der Waals surface area (Å²) in [5.74, 6) is 0.682. The lowest BCUT2D eigenvalue weighted by molar-refractivity contribution is -0.132. The SMILES string of the molecule is COC1Oc2cc(OC(C)=O)ccc2C=C1c1ccc(OC(C)=O)cc1. The molecule has 1 aliphatic rings. The molecule has 1 aliphatic heterocycles. The van der Waals surface area contributed by atoms with Gasteiger partial charge in [0.25, 0.3) is 0 Å². The molecule has 2 aromatic rings. The number of carbonyl (C=O) groups is 2. The number of ether oxygens (including phenoxy) is 4. The summed E-state index contributed by atoms with van der Waals surface area (Å²) < 4.78 is 21.5. The van der Waals surface area contributed by atoms with Gasteiger partial charge in [-0.05, 0) is 35.9 Å². The number of hydrogen-bond acceptors (Lipinski definition) is 6. The van der Waals surface area contributed by atoms with Crippen molar-refractivity contribution >= 4 is 23.6 Å². The number of esters is 2. The van der Waals surface area contributed by atoms with Crippen LogP contribution in [0.2, 0.25) is 0 Å². The number of fused-ring (bicyclic) bond motifs is 1. The maximum absolute atomic E-state index is 11.1. The Labute approximate surface area is 150 Å². The van der Waals surface area contributed by atoms with Crippen LogP contribution >= 0.6 is 0 Å². The van der Waals surface area contributed by atoms with Crippen molar-refractivity contribution in [2.45, 2.75) is 20.1 Å². The minimum absolute atomic E-state index is 0.370. The molecule has 0 spiro atoms. The summed E-state index contributed by atoms with van der Waals surface area (Å²) in [6.45, 7) is 2.70. The molecule has 1 atom stereocenters. The van der Waals surface area contributed by atoms with Crippen molar-refractivity contribution in [3.63, 3.8) is 0 Å². The Bertz CT molecular complexity index is 866. The predicted octanol–water partition coefficient (Wildman–Crippen LogP) is 3.44.